The maximum atomic E-state index is 12.1. The van der Waals surface area contributed by atoms with Gasteiger partial charge in [0.05, 0.1) is 0 Å². The lowest BCUT2D eigenvalue weighted by Gasteiger charge is -2.46. The Kier molecular flexibility index (Phi) is 35.3. The van der Waals surface area contributed by atoms with Crippen molar-refractivity contribution >= 4 is 47.8 Å². The molecule has 15 fully saturated rings. The van der Waals surface area contributed by atoms with E-state index < -0.39 is 0 Å². The number of carbonyl (C=O) groups excluding carboxylic acids is 8. The SMILES string of the molecule is C=C(C)C(=O)OC(C)(C1CCCCC1)C1CCCCC1.C=C(C)C(=O)OC1(C)CC2CCC1(C)C2(C)C.C=C(C)C(=O)OC1(C)CC2CCC1C2.C=C(C)C(=O)OC1(C)CCCCCC1.C=CC(=O)OC1(C)CC2CC1C1CCCC21.C=CC(=O)OC1(C)CC2CCC1(C)C2(C)C.C=CC(=O)OC1(C)CC2CCC1C2.C=CC(=O)OC1(C)CCCCCCC1. The first kappa shape index (κ1) is 103. The smallest absolute Gasteiger partial charge is 0.333 e. The molecule has 124 heavy (non-hydrogen) atoms. The first-order valence-electron chi connectivity index (χ1n) is 48.9. The summed E-state index contributed by atoms with van der Waals surface area (Å²) in [6.07, 6.45) is 55.9. The number of ether oxygens (including phenoxy) is 8. The third kappa shape index (κ3) is 24.0. The molecule has 698 valence electrons. The lowest BCUT2D eigenvalue weighted by Crippen LogP contribution is -2.48. The standard InChI is InChI=1S/C18H30O2.C15H24O2.C14H20O2.C14H22O2.C12H18O2.2C12H20O2.C11H16O2/c1-14(2)17(19)20-18(3,15-10-6-4-7-11-15)16-12-8-5-9-13-16;1-10(2)12(16)17-15(6)9-11-7-8-14(15,5)13(11,3)4;1-3-13(15)16-14(2)8-9-7-12(14)11-6-4-5-10(9)11;1-6-11(15)16-14(5)9-10-7-8-13(14,4)12(10,2)3;1-8(2)11(13)14-12(3)7-9-4-5-10(12)6-9;1-10(2)11(13)14-12(3)8-6-4-5-7-9-12;1-3-11(13)14-12(2)9-7-5-4-6-8-10-12;1-3-10(12)13-11(2)7-8-4-5-9(11)6-8/h15-16H,1,4-13H2,2-3H3;11H,1,7-9H2,2-6H3;3,9-12H,1,4-8H2,2H3;6,10H,1,7-9H2,2-5H3;9-10H,1,4-7H2,2-3H3;1,4-9H2,2-3H3;3H,1,4-10H2,2H3;3,8-9H,1,4-7H2,2H3. The van der Waals surface area contributed by atoms with Crippen LogP contribution in [0.15, 0.2) is 99.2 Å². The first-order valence-corrected chi connectivity index (χ1v) is 48.9. The third-order valence-electron chi connectivity index (χ3n) is 35.5. The molecule has 0 aromatic heterocycles. The number of esters is 8. The molecule has 10 bridgehead atoms. The molecule has 0 aliphatic heterocycles. The number of hydrogen-bond acceptors (Lipinski definition) is 16. The van der Waals surface area contributed by atoms with E-state index in [-0.39, 0.29) is 114 Å². The largest absolute Gasteiger partial charge is 0.456 e. The van der Waals surface area contributed by atoms with Crippen molar-refractivity contribution in [2.24, 2.45) is 92.7 Å². The van der Waals surface area contributed by atoms with Crippen molar-refractivity contribution in [3.8, 4) is 0 Å². The Balaban J connectivity index is 0.000000176. The minimum Gasteiger partial charge on any atom is -0.456 e. The van der Waals surface area contributed by atoms with Crippen molar-refractivity contribution < 1.29 is 76.3 Å². The zero-order valence-corrected chi connectivity index (χ0v) is 81.1. The topological polar surface area (TPSA) is 210 Å². The number of carbonyl (C=O) groups is 8. The van der Waals surface area contributed by atoms with Gasteiger partial charge in [-0.05, 0) is 352 Å². The fourth-order valence-electron chi connectivity index (χ4n) is 26.8. The van der Waals surface area contributed by atoms with Crippen molar-refractivity contribution in [1.82, 2.24) is 0 Å². The van der Waals surface area contributed by atoms with Crippen LogP contribution in [0.25, 0.3) is 0 Å². The Hall–Kier alpha value is -6.32. The van der Waals surface area contributed by atoms with E-state index in [1.54, 1.807) is 27.7 Å². The van der Waals surface area contributed by atoms with Gasteiger partial charge in [-0.25, -0.2) is 38.4 Å². The molecule has 17 unspecified atom stereocenters. The van der Waals surface area contributed by atoms with E-state index in [4.69, 9.17) is 37.9 Å². The van der Waals surface area contributed by atoms with Crippen molar-refractivity contribution in [2.45, 2.75) is 439 Å². The van der Waals surface area contributed by atoms with E-state index in [1.165, 1.54) is 223 Å². The summed E-state index contributed by atoms with van der Waals surface area (Å²) in [7, 11) is 0. The summed E-state index contributed by atoms with van der Waals surface area (Å²) in [5.41, 5.74) is 0.784. The molecule has 0 heterocycles. The molecule has 0 aromatic carbocycles. The van der Waals surface area contributed by atoms with Crippen molar-refractivity contribution in [2.75, 3.05) is 0 Å². The Bertz CT molecular complexity index is 3790. The zero-order chi connectivity index (χ0) is 92.0. The van der Waals surface area contributed by atoms with Crippen LogP contribution in [0.5, 0.6) is 0 Å². The summed E-state index contributed by atoms with van der Waals surface area (Å²) >= 11 is 0. The Labute approximate surface area is 750 Å². The second-order valence-corrected chi connectivity index (χ2v) is 44.7. The summed E-state index contributed by atoms with van der Waals surface area (Å²) in [6, 6.07) is 0. The fourth-order valence-corrected chi connectivity index (χ4v) is 26.8. The van der Waals surface area contributed by atoms with Crippen LogP contribution in [0, 0.1) is 92.7 Å². The van der Waals surface area contributed by atoms with Crippen molar-refractivity contribution in [3.05, 3.63) is 99.2 Å². The molecule has 0 N–H and O–H groups in total. The molecule has 0 saturated heterocycles. The summed E-state index contributed by atoms with van der Waals surface area (Å²) < 4.78 is 45.0. The van der Waals surface area contributed by atoms with Crippen LogP contribution in [0.2, 0.25) is 0 Å². The number of rotatable bonds is 18. The molecule has 17 atom stereocenters. The average Bonchev–Trinajstić information content (AvgIpc) is 1.54. The predicted octanol–water partition coefficient (Wildman–Crippen LogP) is 26.4. The minimum absolute atomic E-state index is 0.0930. The van der Waals surface area contributed by atoms with Gasteiger partial charge in [-0.15, -0.1) is 0 Å². The molecule has 16 nitrogen and oxygen atoms in total. The van der Waals surface area contributed by atoms with E-state index in [1.807, 2.05) is 13.8 Å². The summed E-state index contributed by atoms with van der Waals surface area (Å²) in [5.74, 6) is 6.47. The van der Waals surface area contributed by atoms with E-state index >= 15 is 0 Å². The van der Waals surface area contributed by atoms with Gasteiger partial charge in [-0.3, -0.25) is 0 Å². The van der Waals surface area contributed by atoms with Crippen LogP contribution in [0.1, 0.15) is 394 Å². The highest BCUT2D eigenvalue weighted by Crippen LogP contribution is 2.72. The average molecular weight is 1720 g/mol. The second kappa shape index (κ2) is 42.5. The van der Waals surface area contributed by atoms with E-state index in [0.29, 0.717) is 63.7 Å². The molecule has 15 aliphatic carbocycles. The molecule has 0 amide bonds. The maximum Gasteiger partial charge on any atom is 0.333 e. The molecule has 0 aromatic rings. The van der Waals surface area contributed by atoms with Crippen LogP contribution in [0.3, 0.4) is 0 Å². The lowest BCUT2D eigenvalue weighted by atomic mass is 9.65. The number of hydrogen-bond donors (Lipinski definition) is 0. The van der Waals surface area contributed by atoms with Crippen LogP contribution < -0.4 is 0 Å². The molecular weight excluding hydrogens is 1550 g/mol. The van der Waals surface area contributed by atoms with E-state index in [2.05, 4.69) is 136 Å². The monoisotopic (exact) mass is 1720 g/mol. The summed E-state index contributed by atoms with van der Waals surface area (Å²) in [5, 5.41) is 0. The Morgan fingerprint density at radius 2 is 0.661 bits per heavy atom. The quantitative estimate of drug-likeness (QED) is 0.0540. The van der Waals surface area contributed by atoms with Crippen molar-refractivity contribution in [1.29, 1.82) is 0 Å². The zero-order valence-electron chi connectivity index (χ0n) is 81.1. The maximum absolute atomic E-state index is 12.1. The van der Waals surface area contributed by atoms with E-state index in [9.17, 15) is 38.4 Å². The summed E-state index contributed by atoms with van der Waals surface area (Å²) in [6.45, 7) is 65.9. The predicted molar refractivity (Wildman–Crippen MR) is 496 cm³/mol. The molecule has 15 saturated carbocycles. The van der Waals surface area contributed by atoms with Gasteiger partial charge in [0.1, 0.15) is 44.8 Å². The van der Waals surface area contributed by atoms with Crippen LogP contribution in [0.4, 0.5) is 0 Å². The van der Waals surface area contributed by atoms with Gasteiger partial charge in [0.25, 0.3) is 0 Å². The highest BCUT2D eigenvalue weighted by molar-refractivity contribution is 5.89. The van der Waals surface area contributed by atoms with E-state index in [0.717, 1.165) is 100 Å². The molecule has 0 radical (unpaired) electrons. The lowest BCUT2D eigenvalue weighted by molar-refractivity contribution is -0.172. The van der Waals surface area contributed by atoms with Crippen molar-refractivity contribution in [3.63, 3.8) is 0 Å². The van der Waals surface area contributed by atoms with Crippen LogP contribution >= 0.6 is 0 Å². The fraction of sp³-hybridized carbons (Fsp3) is 0.778. The van der Waals surface area contributed by atoms with Gasteiger partial charge >= 0.3 is 47.8 Å². The van der Waals surface area contributed by atoms with Crippen LogP contribution in [-0.2, 0) is 76.3 Å². The van der Waals surface area contributed by atoms with Gasteiger partial charge < -0.3 is 37.9 Å². The Morgan fingerprint density at radius 3 is 1.03 bits per heavy atom. The number of fused-ring (bicyclic) bond motifs is 13. The summed E-state index contributed by atoms with van der Waals surface area (Å²) in [4.78, 5) is 91.9. The highest BCUT2D eigenvalue weighted by atomic mass is 16.6. The first-order chi connectivity index (χ1) is 57.9. The van der Waals surface area contributed by atoms with Gasteiger partial charge in [-0.2, -0.15) is 0 Å². The van der Waals surface area contributed by atoms with Gasteiger partial charge in [-0.1, -0.05) is 171 Å². The third-order valence-corrected chi connectivity index (χ3v) is 35.5. The molecule has 16 heteroatoms. The normalized spacial score (nSPS) is 35.2. The molecular formula is C108H170O16. The minimum atomic E-state index is -0.324. The molecule has 0 spiro atoms. The second-order valence-electron chi connectivity index (χ2n) is 44.7. The van der Waals surface area contributed by atoms with Gasteiger partial charge in [0.2, 0.25) is 0 Å². The highest BCUT2D eigenvalue weighted by Gasteiger charge is 2.70. The van der Waals surface area contributed by atoms with Gasteiger partial charge in [0, 0.05) is 63.3 Å². The van der Waals surface area contributed by atoms with Crippen LogP contribution in [-0.4, -0.2) is 92.6 Å². The molecule has 15 aliphatic rings. The van der Waals surface area contributed by atoms with Gasteiger partial charge in [0.15, 0.2) is 0 Å². The molecule has 15 rings (SSSR count). The Morgan fingerprint density at radius 1 is 0.315 bits per heavy atom.